The summed E-state index contributed by atoms with van der Waals surface area (Å²) in [6.45, 7) is 3.42. The Morgan fingerprint density at radius 3 is 3.04 bits per heavy atom. The van der Waals surface area contributed by atoms with Crippen LogP contribution >= 0.6 is 0 Å². The van der Waals surface area contributed by atoms with Gasteiger partial charge in [-0.2, -0.15) is 0 Å². The molecule has 7 heteroatoms. The van der Waals surface area contributed by atoms with Gasteiger partial charge < -0.3 is 19.3 Å². The molecule has 0 unspecified atom stereocenters. The summed E-state index contributed by atoms with van der Waals surface area (Å²) in [5.74, 6) is 1.39. The van der Waals surface area contributed by atoms with Crippen LogP contribution in [0.4, 0.5) is 5.95 Å². The molecule has 2 atom stereocenters. The average Bonchev–Trinajstić information content (AvgIpc) is 2.67. The van der Waals surface area contributed by atoms with Crippen molar-refractivity contribution >= 4 is 11.9 Å². The lowest BCUT2D eigenvalue weighted by Gasteiger charge is -2.33. The molecule has 0 bridgehead atoms. The molecule has 0 radical (unpaired) electrons. The third kappa shape index (κ3) is 4.89. The van der Waals surface area contributed by atoms with Crippen molar-refractivity contribution in [2.75, 3.05) is 51.9 Å². The number of aromatic nitrogens is 2. The number of hydrogen-bond acceptors (Lipinski definition) is 6. The van der Waals surface area contributed by atoms with E-state index in [4.69, 9.17) is 9.47 Å². The van der Waals surface area contributed by atoms with Gasteiger partial charge in [0.15, 0.2) is 0 Å². The first kappa shape index (κ1) is 18.1. The van der Waals surface area contributed by atoms with Gasteiger partial charge in [0.25, 0.3) is 0 Å². The number of amides is 1. The molecule has 2 fully saturated rings. The molecule has 1 aromatic rings. The van der Waals surface area contributed by atoms with E-state index in [2.05, 4.69) is 9.97 Å². The zero-order chi connectivity index (χ0) is 17.6. The van der Waals surface area contributed by atoms with E-state index in [-0.39, 0.29) is 12.0 Å². The van der Waals surface area contributed by atoms with Crippen LogP contribution < -0.4 is 4.90 Å². The summed E-state index contributed by atoms with van der Waals surface area (Å²) in [6.07, 6.45) is 5.35. The lowest BCUT2D eigenvalue weighted by Crippen LogP contribution is -2.42. The van der Waals surface area contributed by atoms with Crippen LogP contribution in [0.3, 0.4) is 0 Å². The molecule has 0 N–H and O–H groups in total. The number of anilines is 1. The Labute approximate surface area is 149 Å². The van der Waals surface area contributed by atoms with E-state index in [0.717, 1.165) is 31.7 Å². The topological polar surface area (TPSA) is 67.8 Å². The zero-order valence-corrected chi connectivity index (χ0v) is 15.2. The number of carbonyl (C=O) groups is 1. The van der Waals surface area contributed by atoms with Crippen molar-refractivity contribution in [1.82, 2.24) is 14.9 Å². The minimum Gasteiger partial charge on any atom is -0.381 e. The SMILES string of the molecule is CN(C)c1nccc([C@H]2CN(C(=O)CC[C@@H]3CCCOC3)CCO2)n1. The second-order valence-electron chi connectivity index (χ2n) is 7.00. The predicted octanol–water partition coefficient (Wildman–Crippen LogP) is 1.65. The zero-order valence-electron chi connectivity index (χ0n) is 15.2. The smallest absolute Gasteiger partial charge is 0.225 e. The summed E-state index contributed by atoms with van der Waals surface area (Å²) in [7, 11) is 3.82. The van der Waals surface area contributed by atoms with Gasteiger partial charge in [-0.05, 0) is 31.2 Å². The maximum Gasteiger partial charge on any atom is 0.225 e. The van der Waals surface area contributed by atoms with E-state index in [1.54, 1.807) is 6.20 Å². The van der Waals surface area contributed by atoms with Crippen LogP contribution in [0.1, 0.15) is 37.5 Å². The minimum absolute atomic E-state index is 0.183. The molecule has 0 saturated carbocycles. The number of ether oxygens (including phenoxy) is 2. The highest BCUT2D eigenvalue weighted by Gasteiger charge is 2.27. The molecule has 2 aliphatic heterocycles. The number of rotatable bonds is 5. The summed E-state index contributed by atoms with van der Waals surface area (Å²) in [4.78, 5) is 25.1. The molecule has 3 heterocycles. The molecule has 25 heavy (non-hydrogen) atoms. The van der Waals surface area contributed by atoms with Gasteiger partial charge in [0.1, 0.15) is 6.10 Å². The van der Waals surface area contributed by atoms with Gasteiger partial charge in [-0.15, -0.1) is 0 Å². The largest absolute Gasteiger partial charge is 0.381 e. The van der Waals surface area contributed by atoms with Gasteiger partial charge in [0, 0.05) is 46.5 Å². The maximum atomic E-state index is 12.6. The first-order valence-corrected chi connectivity index (χ1v) is 9.11. The average molecular weight is 348 g/mol. The second kappa shape index (κ2) is 8.58. The summed E-state index contributed by atoms with van der Waals surface area (Å²) in [5.41, 5.74) is 0.830. The van der Waals surface area contributed by atoms with Crippen molar-refractivity contribution in [3.63, 3.8) is 0 Å². The monoisotopic (exact) mass is 348 g/mol. The van der Waals surface area contributed by atoms with Crippen LogP contribution in [0.2, 0.25) is 0 Å². The van der Waals surface area contributed by atoms with Crippen molar-refractivity contribution in [3.8, 4) is 0 Å². The van der Waals surface area contributed by atoms with Crippen molar-refractivity contribution in [2.45, 2.75) is 31.8 Å². The normalized spacial score (nSPS) is 24.2. The first-order valence-electron chi connectivity index (χ1n) is 9.11. The van der Waals surface area contributed by atoms with Crippen LogP contribution in [0.25, 0.3) is 0 Å². The molecule has 138 valence electrons. The number of nitrogens with zero attached hydrogens (tertiary/aromatic N) is 4. The van der Waals surface area contributed by atoms with Gasteiger partial charge in [0.05, 0.1) is 18.8 Å². The molecule has 1 amide bonds. The fourth-order valence-corrected chi connectivity index (χ4v) is 3.33. The molecular weight excluding hydrogens is 320 g/mol. The van der Waals surface area contributed by atoms with Crippen LogP contribution in [0.5, 0.6) is 0 Å². The minimum atomic E-state index is -0.183. The third-order valence-corrected chi connectivity index (χ3v) is 4.83. The van der Waals surface area contributed by atoms with Crippen molar-refractivity contribution in [2.24, 2.45) is 5.92 Å². The fraction of sp³-hybridized carbons (Fsp3) is 0.722. The van der Waals surface area contributed by atoms with Gasteiger partial charge in [-0.25, -0.2) is 9.97 Å². The van der Waals surface area contributed by atoms with Gasteiger partial charge >= 0.3 is 0 Å². The molecule has 1 aromatic heterocycles. The van der Waals surface area contributed by atoms with Gasteiger partial charge in [-0.1, -0.05) is 0 Å². The predicted molar refractivity (Wildman–Crippen MR) is 94.4 cm³/mol. The van der Waals surface area contributed by atoms with Crippen LogP contribution in [0.15, 0.2) is 12.3 Å². The fourth-order valence-electron chi connectivity index (χ4n) is 3.33. The molecule has 7 nitrogen and oxygen atoms in total. The first-order chi connectivity index (χ1) is 12.1. The quantitative estimate of drug-likeness (QED) is 0.806. The van der Waals surface area contributed by atoms with Gasteiger partial charge in [-0.3, -0.25) is 4.79 Å². The lowest BCUT2D eigenvalue weighted by molar-refractivity contribution is -0.139. The van der Waals surface area contributed by atoms with E-state index < -0.39 is 0 Å². The van der Waals surface area contributed by atoms with Crippen molar-refractivity contribution in [3.05, 3.63) is 18.0 Å². The van der Waals surface area contributed by atoms with E-state index in [1.807, 2.05) is 30.0 Å². The number of hydrogen-bond donors (Lipinski definition) is 0. The molecule has 2 aliphatic rings. The van der Waals surface area contributed by atoms with Gasteiger partial charge in [0.2, 0.25) is 11.9 Å². The van der Waals surface area contributed by atoms with E-state index >= 15 is 0 Å². The maximum absolute atomic E-state index is 12.6. The third-order valence-electron chi connectivity index (χ3n) is 4.83. The summed E-state index contributed by atoms with van der Waals surface area (Å²) < 4.78 is 11.4. The summed E-state index contributed by atoms with van der Waals surface area (Å²) in [6, 6.07) is 1.87. The van der Waals surface area contributed by atoms with Crippen molar-refractivity contribution in [1.29, 1.82) is 0 Å². The molecule has 0 aliphatic carbocycles. The summed E-state index contributed by atoms with van der Waals surface area (Å²) in [5, 5.41) is 0. The highest BCUT2D eigenvalue weighted by molar-refractivity contribution is 5.76. The van der Waals surface area contributed by atoms with E-state index in [0.29, 0.717) is 38.0 Å². The Morgan fingerprint density at radius 1 is 1.40 bits per heavy atom. The molecule has 2 saturated heterocycles. The lowest BCUT2D eigenvalue weighted by atomic mass is 9.96. The summed E-state index contributed by atoms with van der Waals surface area (Å²) >= 11 is 0. The Balaban J connectivity index is 1.55. The molecule has 3 rings (SSSR count). The highest BCUT2D eigenvalue weighted by Crippen LogP contribution is 2.24. The van der Waals surface area contributed by atoms with Crippen LogP contribution in [0, 0.1) is 5.92 Å². The Bertz CT molecular complexity index is 575. The number of carbonyl (C=O) groups excluding carboxylic acids is 1. The Morgan fingerprint density at radius 2 is 2.28 bits per heavy atom. The van der Waals surface area contributed by atoms with Crippen molar-refractivity contribution < 1.29 is 14.3 Å². The standard InChI is InChI=1S/C18H28N4O3/c1-21(2)18-19-8-7-15(20-18)16-12-22(9-11-25-16)17(23)6-5-14-4-3-10-24-13-14/h7-8,14,16H,3-6,9-13H2,1-2H3/t14-,16+/m0/s1. The number of morpholine rings is 1. The van der Waals surface area contributed by atoms with Crippen LogP contribution in [-0.4, -0.2) is 67.8 Å². The van der Waals surface area contributed by atoms with E-state index in [9.17, 15) is 4.79 Å². The van der Waals surface area contributed by atoms with E-state index in [1.165, 1.54) is 6.42 Å². The Kier molecular flexibility index (Phi) is 6.20. The van der Waals surface area contributed by atoms with Crippen LogP contribution in [-0.2, 0) is 14.3 Å². The Hall–Kier alpha value is -1.73. The molecule has 0 aromatic carbocycles. The highest BCUT2D eigenvalue weighted by atomic mass is 16.5. The second-order valence-corrected chi connectivity index (χ2v) is 7.00. The molecular formula is C18H28N4O3. The molecule has 0 spiro atoms.